The van der Waals surface area contributed by atoms with Crippen LogP contribution in [-0.4, -0.2) is 25.7 Å². The first-order valence-electron chi connectivity index (χ1n) is 7.84. The normalized spacial score (nSPS) is 18.3. The standard InChI is InChI=1S/C18H16ClNO4/c19-13-9-16-17(24-8-7-23-16)10-14(13)20-18(21)12-5-6-22-15-4-2-1-3-11(12)15/h1-4,9-10,12H,5-8H2,(H,20,21). The minimum atomic E-state index is -0.265. The van der Waals surface area contributed by atoms with Crippen molar-refractivity contribution in [3.8, 4) is 17.2 Å². The fourth-order valence-electron chi connectivity index (χ4n) is 2.99. The summed E-state index contributed by atoms with van der Waals surface area (Å²) in [6.07, 6.45) is 0.630. The van der Waals surface area contributed by atoms with Crippen molar-refractivity contribution in [3.05, 3.63) is 47.0 Å². The highest BCUT2D eigenvalue weighted by Crippen LogP contribution is 2.39. The summed E-state index contributed by atoms with van der Waals surface area (Å²) in [5, 5.41) is 3.33. The summed E-state index contributed by atoms with van der Waals surface area (Å²) in [5.74, 6) is 1.58. The van der Waals surface area contributed by atoms with Crippen LogP contribution in [0, 0.1) is 0 Å². The molecule has 124 valence electrons. The molecule has 2 heterocycles. The SMILES string of the molecule is O=C(Nc1cc2c(cc1Cl)OCCO2)C1CCOc2ccccc21. The van der Waals surface area contributed by atoms with E-state index in [2.05, 4.69) is 5.32 Å². The van der Waals surface area contributed by atoms with Crippen molar-refractivity contribution < 1.29 is 19.0 Å². The monoisotopic (exact) mass is 345 g/mol. The smallest absolute Gasteiger partial charge is 0.232 e. The number of hydrogen-bond acceptors (Lipinski definition) is 4. The number of nitrogens with one attached hydrogen (secondary N) is 1. The van der Waals surface area contributed by atoms with E-state index in [9.17, 15) is 4.79 Å². The number of ether oxygens (including phenoxy) is 3. The number of fused-ring (bicyclic) bond motifs is 2. The molecule has 0 bridgehead atoms. The van der Waals surface area contributed by atoms with Crippen LogP contribution >= 0.6 is 11.6 Å². The Balaban J connectivity index is 1.59. The van der Waals surface area contributed by atoms with Gasteiger partial charge in [0.25, 0.3) is 0 Å². The third-order valence-electron chi connectivity index (χ3n) is 4.16. The molecule has 1 N–H and O–H groups in total. The fraction of sp³-hybridized carbons (Fsp3) is 0.278. The second kappa shape index (κ2) is 6.24. The highest BCUT2D eigenvalue weighted by Gasteiger charge is 2.28. The molecule has 4 rings (SSSR count). The molecule has 0 aromatic heterocycles. The van der Waals surface area contributed by atoms with Crippen LogP contribution < -0.4 is 19.5 Å². The lowest BCUT2D eigenvalue weighted by Gasteiger charge is -2.25. The van der Waals surface area contributed by atoms with Crippen molar-refractivity contribution in [1.82, 2.24) is 0 Å². The van der Waals surface area contributed by atoms with Gasteiger partial charge in [-0.1, -0.05) is 29.8 Å². The molecule has 2 aliphatic heterocycles. The number of halogens is 1. The van der Waals surface area contributed by atoms with Gasteiger partial charge in [0.15, 0.2) is 11.5 Å². The summed E-state index contributed by atoms with van der Waals surface area (Å²) in [4.78, 5) is 12.8. The summed E-state index contributed by atoms with van der Waals surface area (Å²) < 4.78 is 16.6. The van der Waals surface area contributed by atoms with E-state index >= 15 is 0 Å². The molecule has 0 radical (unpaired) electrons. The summed E-state index contributed by atoms with van der Waals surface area (Å²) in [7, 11) is 0. The molecule has 2 aliphatic rings. The first-order valence-corrected chi connectivity index (χ1v) is 8.22. The molecule has 6 heteroatoms. The average molecular weight is 346 g/mol. The molecule has 2 aromatic carbocycles. The van der Waals surface area contributed by atoms with Crippen molar-refractivity contribution in [3.63, 3.8) is 0 Å². The molecule has 1 amide bonds. The Labute approximate surface area is 144 Å². The number of carbonyl (C=O) groups is 1. The lowest BCUT2D eigenvalue weighted by Crippen LogP contribution is -2.26. The second-order valence-corrected chi connectivity index (χ2v) is 6.10. The Morgan fingerprint density at radius 1 is 1.00 bits per heavy atom. The van der Waals surface area contributed by atoms with E-state index in [-0.39, 0.29) is 11.8 Å². The van der Waals surface area contributed by atoms with E-state index in [0.717, 1.165) is 11.3 Å². The molecular formula is C18H16ClNO4. The number of para-hydroxylation sites is 1. The molecule has 0 fully saturated rings. The largest absolute Gasteiger partial charge is 0.493 e. The first-order chi connectivity index (χ1) is 11.7. The molecule has 1 atom stereocenters. The van der Waals surface area contributed by atoms with Crippen molar-refractivity contribution in [2.24, 2.45) is 0 Å². The summed E-state index contributed by atoms with van der Waals surface area (Å²) in [5.41, 5.74) is 1.42. The number of benzene rings is 2. The molecule has 0 saturated heterocycles. The number of anilines is 1. The zero-order valence-electron chi connectivity index (χ0n) is 12.9. The van der Waals surface area contributed by atoms with Gasteiger partial charge in [0.1, 0.15) is 19.0 Å². The van der Waals surface area contributed by atoms with Crippen molar-refractivity contribution in [2.45, 2.75) is 12.3 Å². The van der Waals surface area contributed by atoms with Crippen LogP contribution in [0.2, 0.25) is 5.02 Å². The highest BCUT2D eigenvalue weighted by molar-refractivity contribution is 6.34. The Kier molecular flexibility index (Phi) is 3.94. The maximum absolute atomic E-state index is 12.8. The van der Waals surface area contributed by atoms with E-state index < -0.39 is 0 Å². The molecule has 0 saturated carbocycles. The molecule has 0 aliphatic carbocycles. The first kappa shape index (κ1) is 15.1. The molecule has 0 spiro atoms. The predicted octanol–water partition coefficient (Wildman–Crippen LogP) is 3.62. The van der Waals surface area contributed by atoms with Crippen LogP contribution in [-0.2, 0) is 4.79 Å². The summed E-state index contributed by atoms with van der Waals surface area (Å²) in [6, 6.07) is 11.0. The van der Waals surface area contributed by atoms with Gasteiger partial charge in [-0.2, -0.15) is 0 Å². The molecule has 1 unspecified atom stereocenters. The van der Waals surface area contributed by atoms with E-state index in [1.807, 2.05) is 24.3 Å². The van der Waals surface area contributed by atoms with Gasteiger partial charge in [-0.05, 0) is 12.5 Å². The number of hydrogen-bond donors (Lipinski definition) is 1. The highest BCUT2D eigenvalue weighted by atomic mass is 35.5. The van der Waals surface area contributed by atoms with Crippen LogP contribution in [0.4, 0.5) is 5.69 Å². The van der Waals surface area contributed by atoms with E-state index in [1.165, 1.54) is 0 Å². The van der Waals surface area contributed by atoms with Gasteiger partial charge < -0.3 is 19.5 Å². The molecule has 5 nitrogen and oxygen atoms in total. The predicted molar refractivity (Wildman–Crippen MR) is 90.4 cm³/mol. The molecular weight excluding hydrogens is 330 g/mol. The van der Waals surface area contributed by atoms with E-state index in [4.69, 9.17) is 25.8 Å². The van der Waals surface area contributed by atoms with Crippen LogP contribution in [0.5, 0.6) is 17.2 Å². The van der Waals surface area contributed by atoms with Gasteiger partial charge in [-0.3, -0.25) is 4.79 Å². The van der Waals surface area contributed by atoms with Gasteiger partial charge in [0.05, 0.1) is 23.2 Å². The summed E-state index contributed by atoms with van der Waals surface area (Å²) in [6.45, 7) is 1.49. The maximum Gasteiger partial charge on any atom is 0.232 e. The van der Waals surface area contributed by atoms with Gasteiger partial charge in [-0.15, -0.1) is 0 Å². The minimum Gasteiger partial charge on any atom is -0.493 e. The Morgan fingerprint density at radius 3 is 2.54 bits per heavy atom. The van der Waals surface area contributed by atoms with Crippen molar-refractivity contribution in [1.29, 1.82) is 0 Å². The Hall–Kier alpha value is -2.40. The quantitative estimate of drug-likeness (QED) is 0.903. The van der Waals surface area contributed by atoms with Crippen LogP contribution in [0.1, 0.15) is 17.9 Å². The van der Waals surface area contributed by atoms with Gasteiger partial charge >= 0.3 is 0 Å². The van der Waals surface area contributed by atoms with Crippen LogP contribution in [0.3, 0.4) is 0 Å². The number of carbonyl (C=O) groups excluding carboxylic acids is 1. The maximum atomic E-state index is 12.8. The fourth-order valence-corrected chi connectivity index (χ4v) is 3.19. The zero-order valence-corrected chi connectivity index (χ0v) is 13.6. The van der Waals surface area contributed by atoms with Crippen LogP contribution in [0.25, 0.3) is 0 Å². The lowest BCUT2D eigenvalue weighted by atomic mass is 9.92. The van der Waals surface area contributed by atoms with E-state index in [1.54, 1.807) is 12.1 Å². The lowest BCUT2D eigenvalue weighted by molar-refractivity contribution is -0.118. The second-order valence-electron chi connectivity index (χ2n) is 5.69. The Morgan fingerprint density at radius 2 is 1.71 bits per heavy atom. The number of rotatable bonds is 2. The van der Waals surface area contributed by atoms with Crippen molar-refractivity contribution in [2.75, 3.05) is 25.1 Å². The zero-order chi connectivity index (χ0) is 16.5. The summed E-state index contributed by atoms with van der Waals surface area (Å²) >= 11 is 6.27. The Bertz CT molecular complexity index is 793. The number of amides is 1. The topological polar surface area (TPSA) is 56.8 Å². The molecule has 2 aromatic rings. The van der Waals surface area contributed by atoms with Gasteiger partial charge in [0, 0.05) is 17.7 Å². The van der Waals surface area contributed by atoms with E-state index in [0.29, 0.717) is 48.5 Å². The third kappa shape index (κ3) is 2.76. The molecule has 24 heavy (non-hydrogen) atoms. The average Bonchev–Trinajstić information content (AvgIpc) is 2.62. The van der Waals surface area contributed by atoms with Crippen LogP contribution in [0.15, 0.2) is 36.4 Å². The van der Waals surface area contributed by atoms with Gasteiger partial charge in [-0.25, -0.2) is 0 Å². The third-order valence-corrected chi connectivity index (χ3v) is 4.48. The minimum absolute atomic E-state index is 0.107. The van der Waals surface area contributed by atoms with Gasteiger partial charge in [0.2, 0.25) is 5.91 Å². The van der Waals surface area contributed by atoms with Crippen molar-refractivity contribution >= 4 is 23.2 Å².